The number of fused-ring (bicyclic) bond motifs is 1. The molecule has 1 N–H and O–H groups in total. The van der Waals surface area contributed by atoms with E-state index in [9.17, 15) is 5.11 Å². The highest BCUT2D eigenvalue weighted by molar-refractivity contribution is 7.17. The summed E-state index contributed by atoms with van der Waals surface area (Å²) in [4.78, 5) is 8.19. The molecule has 3 aromatic rings. The maximum Gasteiger partial charge on any atom is 0.230 e. The number of hydrogen-bond acceptors (Lipinski definition) is 7. The fourth-order valence-electron chi connectivity index (χ4n) is 3.86. The summed E-state index contributed by atoms with van der Waals surface area (Å²) in [5.74, 6) is 1.54. The highest BCUT2D eigenvalue weighted by atomic mass is 32.1. The zero-order valence-electron chi connectivity index (χ0n) is 15.6. The van der Waals surface area contributed by atoms with Crippen LogP contribution in [0.4, 0.5) is 0 Å². The fraction of sp³-hybridized carbons (Fsp3) is 0.474. The number of methoxy groups -OCH3 is 2. The van der Waals surface area contributed by atoms with Crippen LogP contribution >= 0.6 is 11.3 Å². The first-order chi connectivity index (χ1) is 13.2. The van der Waals surface area contributed by atoms with Crippen LogP contribution in [0.15, 0.2) is 24.5 Å². The van der Waals surface area contributed by atoms with Crippen LogP contribution in [0.2, 0.25) is 0 Å². The van der Waals surface area contributed by atoms with Gasteiger partial charge >= 0.3 is 0 Å². The number of ether oxygens (including phenoxy) is 2. The molecule has 0 spiro atoms. The lowest BCUT2D eigenvalue weighted by molar-refractivity contribution is 0.227. The molecule has 4 rings (SSSR count). The van der Waals surface area contributed by atoms with Crippen LogP contribution < -0.4 is 9.47 Å². The third kappa shape index (κ3) is 3.23. The quantitative estimate of drug-likeness (QED) is 0.721. The summed E-state index contributed by atoms with van der Waals surface area (Å²) in [6.07, 6.45) is 6.22. The van der Waals surface area contributed by atoms with E-state index in [1.807, 2.05) is 18.2 Å². The predicted molar refractivity (Wildman–Crippen MR) is 104 cm³/mol. The maximum atomic E-state index is 10.9. The number of hydrogen-bond donors (Lipinski definition) is 1. The first kappa shape index (κ1) is 18.1. The molecule has 3 heterocycles. The molecular weight excluding hydrogens is 364 g/mol. The molecule has 7 nitrogen and oxygen atoms in total. The van der Waals surface area contributed by atoms with E-state index in [0.29, 0.717) is 16.5 Å². The number of aromatic hydroxyl groups is 1. The second kappa shape index (κ2) is 7.74. The van der Waals surface area contributed by atoms with E-state index in [-0.39, 0.29) is 11.9 Å². The summed E-state index contributed by atoms with van der Waals surface area (Å²) in [5.41, 5.74) is 0.985. The second-order valence-corrected chi connectivity index (χ2v) is 7.69. The van der Waals surface area contributed by atoms with Crippen molar-refractivity contribution >= 4 is 16.3 Å². The third-order valence-corrected chi connectivity index (χ3v) is 6.21. The van der Waals surface area contributed by atoms with E-state index >= 15 is 0 Å². The molecule has 1 aromatic carbocycles. The molecule has 1 atom stereocenters. The van der Waals surface area contributed by atoms with Crippen LogP contribution in [0.25, 0.3) is 4.96 Å². The number of aromatic nitrogens is 3. The van der Waals surface area contributed by atoms with Gasteiger partial charge in [-0.2, -0.15) is 9.61 Å². The number of benzene rings is 1. The molecule has 0 amide bonds. The predicted octanol–water partition coefficient (Wildman–Crippen LogP) is 3.48. The van der Waals surface area contributed by atoms with Crippen molar-refractivity contribution in [1.29, 1.82) is 0 Å². The lowest BCUT2D eigenvalue weighted by Gasteiger charge is -2.31. The van der Waals surface area contributed by atoms with E-state index in [0.717, 1.165) is 36.4 Å². The molecule has 0 aliphatic carbocycles. The zero-order valence-corrected chi connectivity index (χ0v) is 16.4. The van der Waals surface area contributed by atoms with Gasteiger partial charge in [-0.3, -0.25) is 4.90 Å². The molecule has 0 unspecified atom stereocenters. The second-order valence-electron chi connectivity index (χ2n) is 6.68. The molecule has 1 aliphatic heterocycles. The van der Waals surface area contributed by atoms with Gasteiger partial charge in [0.25, 0.3) is 0 Å². The summed E-state index contributed by atoms with van der Waals surface area (Å²) in [7, 11) is 3.30. The van der Waals surface area contributed by atoms with E-state index in [1.54, 1.807) is 14.2 Å². The minimum absolute atomic E-state index is 0.137. The molecule has 144 valence electrons. The van der Waals surface area contributed by atoms with Crippen LogP contribution in [-0.4, -0.2) is 51.9 Å². The Morgan fingerprint density at radius 3 is 2.56 bits per heavy atom. The van der Waals surface area contributed by atoms with Crippen LogP contribution in [0.3, 0.4) is 0 Å². The monoisotopic (exact) mass is 388 g/mol. The van der Waals surface area contributed by atoms with Crippen molar-refractivity contribution in [3.8, 4) is 17.4 Å². The summed E-state index contributed by atoms with van der Waals surface area (Å²) in [5, 5.41) is 15.0. The Hall–Kier alpha value is -2.32. The minimum atomic E-state index is -0.137. The molecule has 0 saturated carbocycles. The third-order valence-electron chi connectivity index (χ3n) is 5.12. The Morgan fingerprint density at radius 1 is 1.11 bits per heavy atom. The number of nitrogens with zero attached hydrogens (tertiary/aromatic N) is 4. The van der Waals surface area contributed by atoms with Gasteiger partial charge in [0.15, 0.2) is 11.5 Å². The highest BCUT2D eigenvalue weighted by Crippen LogP contribution is 2.45. The molecular formula is C19H24N4O3S. The van der Waals surface area contributed by atoms with Crippen molar-refractivity contribution in [2.24, 2.45) is 0 Å². The molecule has 8 heteroatoms. The maximum absolute atomic E-state index is 10.9. The number of likely N-dealkylation sites (tertiary alicyclic amines) is 1. The highest BCUT2D eigenvalue weighted by Gasteiger charge is 2.32. The smallest absolute Gasteiger partial charge is 0.230 e. The Labute approximate surface area is 162 Å². The van der Waals surface area contributed by atoms with Crippen LogP contribution in [0.5, 0.6) is 17.4 Å². The van der Waals surface area contributed by atoms with E-state index in [4.69, 9.17) is 9.47 Å². The zero-order chi connectivity index (χ0) is 18.8. The van der Waals surface area contributed by atoms with E-state index in [2.05, 4.69) is 15.0 Å². The summed E-state index contributed by atoms with van der Waals surface area (Å²) in [6, 6.07) is 5.77. The number of thiazole rings is 1. The first-order valence-electron chi connectivity index (χ1n) is 9.21. The van der Waals surface area contributed by atoms with Gasteiger partial charge in [0.05, 0.1) is 25.1 Å². The van der Waals surface area contributed by atoms with Gasteiger partial charge < -0.3 is 14.6 Å². The lowest BCUT2D eigenvalue weighted by Crippen LogP contribution is -2.30. The van der Waals surface area contributed by atoms with Crippen molar-refractivity contribution in [3.63, 3.8) is 0 Å². The molecule has 1 fully saturated rings. The van der Waals surface area contributed by atoms with Crippen molar-refractivity contribution in [1.82, 2.24) is 19.5 Å². The number of para-hydroxylation sites is 1. The Balaban J connectivity index is 1.88. The van der Waals surface area contributed by atoms with Gasteiger partial charge in [0.1, 0.15) is 6.33 Å². The van der Waals surface area contributed by atoms with Crippen molar-refractivity contribution in [3.05, 3.63) is 35.0 Å². The first-order valence-corrected chi connectivity index (χ1v) is 10.0. The topological polar surface area (TPSA) is 72.1 Å². The van der Waals surface area contributed by atoms with Crippen LogP contribution in [0.1, 0.15) is 42.2 Å². The van der Waals surface area contributed by atoms with Crippen molar-refractivity contribution in [2.45, 2.75) is 31.7 Å². The number of rotatable bonds is 5. The van der Waals surface area contributed by atoms with Gasteiger partial charge in [-0.1, -0.05) is 36.3 Å². The van der Waals surface area contributed by atoms with Crippen LogP contribution in [0, 0.1) is 0 Å². The largest absolute Gasteiger partial charge is 0.493 e. The van der Waals surface area contributed by atoms with Gasteiger partial charge in [0, 0.05) is 5.56 Å². The lowest BCUT2D eigenvalue weighted by atomic mass is 10.0. The molecule has 1 saturated heterocycles. The molecule has 0 bridgehead atoms. The van der Waals surface area contributed by atoms with Crippen molar-refractivity contribution in [2.75, 3.05) is 27.3 Å². The van der Waals surface area contributed by atoms with E-state index in [1.165, 1.54) is 35.0 Å². The Kier molecular flexibility index (Phi) is 5.18. The summed E-state index contributed by atoms with van der Waals surface area (Å²) in [6.45, 7) is 1.94. The minimum Gasteiger partial charge on any atom is -0.493 e. The fourth-order valence-corrected chi connectivity index (χ4v) is 4.94. The SMILES string of the molecule is COc1cccc([C@H](c2sc3ncnn3c2O)N2CCCCCC2)c1OC. The normalized spacial score (nSPS) is 17.0. The van der Waals surface area contributed by atoms with E-state index < -0.39 is 0 Å². The average Bonchev–Trinajstić information content (AvgIpc) is 3.15. The molecule has 27 heavy (non-hydrogen) atoms. The summed E-state index contributed by atoms with van der Waals surface area (Å²) < 4.78 is 12.7. The van der Waals surface area contributed by atoms with Gasteiger partial charge in [-0.05, 0) is 32.0 Å². The average molecular weight is 388 g/mol. The van der Waals surface area contributed by atoms with Crippen molar-refractivity contribution < 1.29 is 14.6 Å². The van der Waals surface area contributed by atoms with Gasteiger partial charge in [-0.15, -0.1) is 0 Å². The van der Waals surface area contributed by atoms with Gasteiger partial charge in [0.2, 0.25) is 10.8 Å². The Morgan fingerprint density at radius 2 is 1.89 bits per heavy atom. The standard InChI is InChI=1S/C19H24N4O3S/c1-25-14-9-7-8-13(16(14)26-2)15(22-10-5-3-4-6-11-22)17-18(24)23-19(27-17)20-12-21-23/h7-9,12,15,24H,3-6,10-11H2,1-2H3/t15-/m1/s1. The molecule has 2 aromatic heterocycles. The van der Waals surface area contributed by atoms with Gasteiger partial charge in [-0.25, -0.2) is 4.98 Å². The summed E-state index contributed by atoms with van der Waals surface area (Å²) >= 11 is 1.47. The Bertz CT molecular complexity index is 915. The van der Waals surface area contributed by atoms with Crippen LogP contribution in [-0.2, 0) is 0 Å². The molecule has 0 radical (unpaired) electrons. The molecule has 1 aliphatic rings.